The molecule has 1 saturated heterocycles. The van der Waals surface area contributed by atoms with Crippen molar-refractivity contribution in [2.45, 2.75) is 43.6 Å². The van der Waals surface area contributed by atoms with Crippen molar-refractivity contribution in [1.82, 2.24) is 9.21 Å². The zero-order valence-electron chi connectivity index (χ0n) is 19.0. The SMILES string of the molecule is CCN(C)CC1CN(Sc2ccc(OCc3cccc(Cl)c3)cc2)C(C(=O)OC)C(C)O1. The van der Waals surface area contributed by atoms with Crippen LogP contribution in [0.1, 0.15) is 19.4 Å². The quantitative estimate of drug-likeness (QED) is 0.388. The van der Waals surface area contributed by atoms with Crippen LogP contribution in [0.4, 0.5) is 0 Å². The number of morpholine rings is 1. The third-order valence-corrected chi connectivity index (χ3v) is 6.71. The molecule has 32 heavy (non-hydrogen) atoms. The molecule has 1 fully saturated rings. The zero-order valence-corrected chi connectivity index (χ0v) is 20.6. The van der Waals surface area contributed by atoms with Gasteiger partial charge in [-0.3, -0.25) is 4.79 Å². The number of rotatable bonds is 9. The molecule has 1 aliphatic heterocycles. The number of likely N-dealkylation sites (N-methyl/N-ethyl adjacent to an activating group) is 1. The van der Waals surface area contributed by atoms with E-state index in [0.717, 1.165) is 29.3 Å². The van der Waals surface area contributed by atoms with Gasteiger partial charge in [0.15, 0.2) is 0 Å². The summed E-state index contributed by atoms with van der Waals surface area (Å²) >= 11 is 7.58. The highest BCUT2D eigenvalue weighted by atomic mass is 35.5. The smallest absolute Gasteiger partial charge is 0.326 e. The van der Waals surface area contributed by atoms with E-state index in [-0.39, 0.29) is 18.2 Å². The predicted molar refractivity (Wildman–Crippen MR) is 128 cm³/mol. The molecule has 8 heteroatoms. The molecular weight excluding hydrogens is 448 g/mol. The van der Waals surface area contributed by atoms with Crippen LogP contribution in [0.2, 0.25) is 5.02 Å². The Morgan fingerprint density at radius 1 is 1.28 bits per heavy atom. The van der Waals surface area contributed by atoms with E-state index < -0.39 is 6.04 Å². The Morgan fingerprint density at radius 2 is 2.03 bits per heavy atom. The minimum atomic E-state index is -0.466. The van der Waals surface area contributed by atoms with Gasteiger partial charge in [0.2, 0.25) is 0 Å². The van der Waals surface area contributed by atoms with E-state index in [9.17, 15) is 4.79 Å². The number of benzene rings is 2. The van der Waals surface area contributed by atoms with E-state index in [1.807, 2.05) is 55.5 Å². The molecule has 0 N–H and O–H groups in total. The maximum Gasteiger partial charge on any atom is 0.326 e. The fourth-order valence-corrected chi connectivity index (χ4v) is 4.95. The molecule has 0 aliphatic carbocycles. The number of methoxy groups -OCH3 is 1. The second-order valence-corrected chi connectivity index (χ2v) is 9.43. The van der Waals surface area contributed by atoms with Gasteiger partial charge >= 0.3 is 5.97 Å². The Kier molecular flexibility index (Phi) is 9.25. The summed E-state index contributed by atoms with van der Waals surface area (Å²) in [7, 11) is 3.49. The standard InChI is InChI=1S/C24H31ClN2O4S/c1-5-26(3)14-21-15-27(23(17(2)31-21)24(28)29-4)32-22-11-9-20(10-12-22)30-16-18-7-6-8-19(25)13-18/h6-13,17,21,23H,5,14-16H2,1-4H3. The highest BCUT2D eigenvalue weighted by Gasteiger charge is 2.40. The van der Waals surface area contributed by atoms with Crippen LogP contribution in [0.5, 0.6) is 5.75 Å². The Balaban J connectivity index is 1.65. The first kappa shape index (κ1) is 24.9. The minimum Gasteiger partial charge on any atom is -0.489 e. The predicted octanol–water partition coefficient (Wildman–Crippen LogP) is 4.51. The van der Waals surface area contributed by atoms with E-state index in [4.69, 9.17) is 25.8 Å². The lowest BCUT2D eigenvalue weighted by molar-refractivity contribution is -0.160. The second-order valence-electron chi connectivity index (χ2n) is 7.87. The number of carbonyl (C=O) groups excluding carboxylic acids is 1. The maximum atomic E-state index is 12.5. The van der Waals surface area contributed by atoms with Crippen LogP contribution in [0.3, 0.4) is 0 Å². The molecule has 0 amide bonds. The van der Waals surface area contributed by atoms with Crippen molar-refractivity contribution >= 4 is 29.5 Å². The van der Waals surface area contributed by atoms with Crippen molar-refractivity contribution in [2.75, 3.05) is 33.8 Å². The van der Waals surface area contributed by atoms with Crippen molar-refractivity contribution in [2.24, 2.45) is 0 Å². The summed E-state index contributed by atoms with van der Waals surface area (Å²) in [6.07, 6.45) is -0.247. The fourth-order valence-electron chi connectivity index (χ4n) is 3.60. The van der Waals surface area contributed by atoms with Gasteiger partial charge in [-0.25, -0.2) is 4.31 Å². The van der Waals surface area contributed by atoms with E-state index in [2.05, 4.69) is 23.2 Å². The van der Waals surface area contributed by atoms with Gasteiger partial charge < -0.3 is 19.1 Å². The van der Waals surface area contributed by atoms with Crippen molar-refractivity contribution in [3.8, 4) is 5.75 Å². The summed E-state index contributed by atoms with van der Waals surface area (Å²) in [4.78, 5) is 15.7. The molecule has 174 valence electrons. The summed E-state index contributed by atoms with van der Waals surface area (Å²) in [5.74, 6) is 0.491. The van der Waals surface area contributed by atoms with Crippen LogP contribution in [-0.2, 0) is 20.9 Å². The maximum absolute atomic E-state index is 12.5. The summed E-state index contributed by atoms with van der Waals surface area (Å²) in [5.41, 5.74) is 1.02. The first-order valence-electron chi connectivity index (χ1n) is 10.7. The number of esters is 1. The molecule has 0 bridgehead atoms. The molecule has 0 saturated carbocycles. The molecular formula is C24H31ClN2O4S. The molecule has 2 aromatic carbocycles. The second kappa shape index (κ2) is 11.9. The Labute approximate surface area is 199 Å². The molecule has 0 aromatic heterocycles. The van der Waals surface area contributed by atoms with E-state index in [1.54, 1.807) is 11.9 Å². The van der Waals surface area contributed by atoms with Crippen molar-refractivity contribution in [3.05, 3.63) is 59.1 Å². The van der Waals surface area contributed by atoms with E-state index in [0.29, 0.717) is 18.2 Å². The van der Waals surface area contributed by atoms with Crippen molar-refractivity contribution in [3.63, 3.8) is 0 Å². The molecule has 6 nitrogen and oxygen atoms in total. The summed E-state index contributed by atoms with van der Waals surface area (Å²) in [6.45, 7) is 6.88. The number of hydrogen-bond acceptors (Lipinski definition) is 7. The van der Waals surface area contributed by atoms with Crippen LogP contribution in [-0.4, -0.2) is 67.2 Å². The van der Waals surface area contributed by atoms with Crippen LogP contribution in [0.15, 0.2) is 53.4 Å². The minimum absolute atomic E-state index is 0.0173. The molecule has 0 radical (unpaired) electrons. The van der Waals surface area contributed by atoms with Gasteiger partial charge in [-0.15, -0.1) is 0 Å². The molecule has 1 aliphatic rings. The van der Waals surface area contributed by atoms with Gasteiger partial charge in [0.25, 0.3) is 0 Å². The first-order chi connectivity index (χ1) is 15.4. The summed E-state index contributed by atoms with van der Waals surface area (Å²) in [6, 6.07) is 15.0. The highest BCUT2D eigenvalue weighted by molar-refractivity contribution is 7.97. The number of carbonyl (C=O) groups is 1. The van der Waals surface area contributed by atoms with Gasteiger partial charge in [0.05, 0.1) is 19.3 Å². The van der Waals surface area contributed by atoms with Gasteiger partial charge in [-0.2, -0.15) is 0 Å². The molecule has 1 heterocycles. The van der Waals surface area contributed by atoms with Gasteiger partial charge in [-0.1, -0.05) is 30.7 Å². The Morgan fingerprint density at radius 3 is 2.69 bits per heavy atom. The molecule has 0 spiro atoms. The normalized spacial score (nSPS) is 21.5. The average molecular weight is 479 g/mol. The number of nitrogens with zero attached hydrogens (tertiary/aromatic N) is 2. The zero-order chi connectivity index (χ0) is 23.1. The highest BCUT2D eigenvalue weighted by Crippen LogP contribution is 2.32. The Hall–Kier alpha value is -1.77. The van der Waals surface area contributed by atoms with Crippen molar-refractivity contribution in [1.29, 1.82) is 0 Å². The largest absolute Gasteiger partial charge is 0.489 e. The number of hydrogen-bond donors (Lipinski definition) is 0. The average Bonchev–Trinajstić information content (AvgIpc) is 2.78. The van der Waals surface area contributed by atoms with Crippen LogP contribution in [0.25, 0.3) is 0 Å². The lowest BCUT2D eigenvalue weighted by Gasteiger charge is -2.42. The van der Waals surface area contributed by atoms with Gasteiger partial charge in [0.1, 0.15) is 18.4 Å². The van der Waals surface area contributed by atoms with Gasteiger partial charge in [0, 0.05) is 23.0 Å². The first-order valence-corrected chi connectivity index (χ1v) is 11.9. The molecule has 2 aromatic rings. The molecule has 3 unspecified atom stereocenters. The lowest BCUT2D eigenvalue weighted by atomic mass is 10.1. The van der Waals surface area contributed by atoms with Gasteiger partial charge in [-0.05, 0) is 74.4 Å². The van der Waals surface area contributed by atoms with Crippen LogP contribution in [0, 0.1) is 0 Å². The monoisotopic (exact) mass is 478 g/mol. The van der Waals surface area contributed by atoms with Crippen molar-refractivity contribution < 1.29 is 19.0 Å². The fraction of sp³-hybridized carbons (Fsp3) is 0.458. The van der Waals surface area contributed by atoms with E-state index >= 15 is 0 Å². The topological polar surface area (TPSA) is 51.2 Å². The Bertz CT molecular complexity index is 883. The number of ether oxygens (including phenoxy) is 3. The molecule has 3 atom stereocenters. The third kappa shape index (κ3) is 6.86. The van der Waals surface area contributed by atoms with E-state index in [1.165, 1.54) is 7.11 Å². The van der Waals surface area contributed by atoms with Crippen LogP contribution < -0.4 is 4.74 Å². The number of halogens is 1. The van der Waals surface area contributed by atoms with Crippen LogP contribution >= 0.6 is 23.5 Å². The lowest BCUT2D eigenvalue weighted by Crippen LogP contribution is -2.56. The summed E-state index contributed by atoms with van der Waals surface area (Å²) < 4.78 is 19.1. The third-order valence-electron chi connectivity index (χ3n) is 5.38. The molecule has 3 rings (SSSR count). The summed E-state index contributed by atoms with van der Waals surface area (Å²) in [5, 5.41) is 0.696.